The standard InChI is InChI=1S/C17H22N2O6/c1-6-25-16(20)14-9(2)18-17(21)19-15(14)10-7-12(23-4)13(24-5)8-11(10)22-3/h7-8,15H,6H2,1-5H3,(H2,18,19,21)/t15-/m0/s1. The third kappa shape index (κ3) is 3.62. The number of benzene rings is 1. The second kappa shape index (κ2) is 7.78. The van der Waals surface area contributed by atoms with Crippen molar-refractivity contribution in [3.63, 3.8) is 0 Å². The lowest BCUT2D eigenvalue weighted by atomic mass is 9.94. The molecule has 1 aliphatic heterocycles. The summed E-state index contributed by atoms with van der Waals surface area (Å²) in [6.07, 6.45) is 0. The highest BCUT2D eigenvalue weighted by molar-refractivity contribution is 5.95. The monoisotopic (exact) mass is 350 g/mol. The first-order valence-electron chi connectivity index (χ1n) is 7.72. The Morgan fingerprint density at radius 1 is 1.08 bits per heavy atom. The van der Waals surface area contributed by atoms with E-state index in [9.17, 15) is 9.59 Å². The molecule has 0 spiro atoms. The Hall–Kier alpha value is -2.90. The van der Waals surface area contributed by atoms with Gasteiger partial charge in [0.2, 0.25) is 0 Å². The molecule has 0 radical (unpaired) electrons. The van der Waals surface area contributed by atoms with Gasteiger partial charge in [-0.1, -0.05) is 0 Å². The second-order valence-electron chi connectivity index (χ2n) is 5.24. The number of methoxy groups -OCH3 is 3. The number of hydrogen-bond donors (Lipinski definition) is 2. The molecule has 0 fully saturated rings. The summed E-state index contributed by atoms with van der Waals surface area (Å²) in [5.41, 5.74) is 1.27. The third-order valence-electron chi connectivity index (χ3n) is 3.81. The van der Waals surface area contributed by atoms with Crippen LogP contribution in [0.4, 0.5) is 4.79 Å². The molecule has 1 aromatic carbocycles. The number of nitrogens with one attached hydrogen (secondary N) is 2. The Morgan fingerprint density at radius 2 is 1.68 bits per heavy atom. The first-order chi connectivity index (χ1) is 12.0. The van der Waals surface area contributed by atoms with E-state index in [1.54, 1.807) is 26.0 Å². The molecule has 136 valence electrons. The fraction of sp³-hybridized carbons (Fsp3) is 0.412. The minimum atomic E-state index is -0.748. The first-order valence-corrected chi connectivity index (χ1v) is 7.72. The Labute approximate surface area is 146 Å². The maximum absolute atomic E-state index is 12.4. The van der Waals surface area contributed by atoms with Crippen LogP contribution in [0.3, 0.4) is 0 Å². The Morgan fingerprint density at radius 3 is 2.24 bits per heavy atom. The number of rotatable bonds is 6. The Bertz CT molecular complexity index is 713. The maximum Gasteiger partial charge on any atom is 0.338 e. The number of carbonyl (C=O) groups is 2. The second-order valence-corrected chi connectivity index (χ2v) is 5.24. The van der Waals surface area contributed by atoms with Gasteiger partial charge in [0.25, 0.3) is 0 Å². The van der Waals surface area contributed by atoms with Crippen LogP contribution in [0.5, 0.6) is 17.2 Å². The van der Waals surface area contributed by atoms with E-state index in [-0.39, 0.29) is 6.61 Å². The van der Waals surface area contributed by atoms with Crippen molar-refractivity contribution in [2.45, 2.75) is 19.9 Å². The summed E-state index contributed by atoms with van der Waals surface area (Å²) in [6, 6.07) is 2.14. The van der Waals surface area contributed by atoms with Crippen molar-refractivity contribution in [1.82, 2.24) is 10.6 Å². The maximum atomic E-state index is 12.4. The van der Waals surface area contributed by atoms with E-state index in [4.69, 9.17) is 18.9 Å². The molecule has 8 heteroatoms. The van der Waals surface area contributed by atoms with E-state index in [1.807, 2.05) is 0 Å². The van der Waals surface area contributed by atoms with Gasteiger partial charge in [-0.2, -0.15) is 0 Å². The molecule has 0 aliphatic carbocycles. The van der Waals surface area contributed by atoms with Crippen LogP contribution in [0.15, 0.2) is 23.4 Å². The smallest absolute Gasteiger partial charge is 0.338 e. The average Bonchev–Trinajstić information content (AvgIpc) is 2.59. The van der Waals surface area contributed by atoms with Crippen LogP contribution in [-0.4, -0.2) is 39.9 Å². The molecule has 8 nitrogen and oxygen atoms in total. The highest BCUT2D eigenvalue weighted by Crippen LogP contribution is 2.40. The number of allylic oxidation sites excluding steroid dienone is 1. The molecule has 0 aromatic heterocycles. The van der Waals surface area contributed by atoms with Gasteiger partial charge in [0.05, 0.1) is 39.6 Å². The van der Waals surface area contributed by atoms with Crippen LogP contribution in [-0.2, 0) is 9.53 Å². The number of hydrogen-bond acceptors (Lipinski definition) is 6. The molecule has 1 heterocycles. The summed E-state index contributed by atoms with van der Waals surface area (Å²) in [5, 5.41) is 5.32. The average molecular weight is 350 g/mol. The lowest BCUT2D eigenvalue weighted by Crippen LogP contribution is -2.45. The molecule has 1 aromatic rings. The molecule has 2 amide bonds. The zero-order chi connectivity index (χ0) is 18.6. The van der Waals surface area contributed by atoms with Crippen molar-refractivity contribution in [2.75, 3.05) is 27.9 Å². The summed E-state index contributed by atoms with van der Waals surface area (Å²) in [5.74, 6) is 0.850. The molecule has 0 saturated heterocycles. The number of carbonyl (C=O) groups excluding carboxylic acids is 2. The van der Waals surface area contributed by atoms with Crippen molar-refractivity contribution in [1.29, 1.82) is 0 Å². The van der Waals surface area contributed by atoms with Gasteiger partial charge in [-0.15, -0.1) is 0 Å². The third-order valence-corrected chi connectivity index (χ3v) is 3.81. The molecule has 1 aliphatic rings. The van der Waals surface area contributed by atoms with Crippen molar-refractivity contribution >= 4 is 12.0 Å². The molecule has 25 heavy (non-hydrogen) atoms. The van der Waals surface area contributed by atoms with Gasteiger partial charge in [-0.05, 0) is 19.9 Å². The van der Waals surface area contributed by atoms with Crippen molar-refractivity contribution in [2.24, 2.45) is 0 Å². The van der Waals surface area contributed by atoms with E-state index in [0.29, 0.717) is 34.1 Å². The van der Waals surface area contributed by atoms with Crippen LogP contribution in [0, 0.1) is 0 Å². The van der Waals surface area contributed by atoms with E-state index >= 15 is 0 Å². The summed E-state index contributed by atoms with van der Waals surface area (Å²) < 4.78 is 21.1. The fourth-order valence-corrected chi connectivity index (χ4v) is 2.68. The molecule has 0 unspecified atom stereocenters. The lowest BCUT2D eigenvalue weighted by molar-refractivity contribution is -0.139. The van der Waals surface area contributed by atoms with Gasteiger partial charge in [0.15, 0.2) is 11.5 Å². The minimum absolute atomic E-state index is 0.222. The van der Waals surface area contributed by atoms with Crippen LogP contribution in [0.2, 0.25) is 0 Å². The number of ether oxygens (including phenoxy) is 4. The molecular weight excluding hydrogens is 328 g/mol. The molecule has 2 rings (SSSR count). The summed E-state index contributed by atoms with van der Waals surface area (Å²) in [6.45, 7) is 3.58. The minimum Gasteiger partial charge on any atom is -0.496 e. The van der Waals surface area contributed by atoms with Gasteiger partial charge < -0.3 is 29.6 Å². The zero-order valence-electron chi connectivity index (χ0n) is 14.9. The topological polar surface area (TPSA) is 95.1 Å². The number of urea groups is 1. The molecule has 0 saturated carbocycles. The summed E-state index contributed by atoms with van der Waals surface area (Å²) in [7, 11) is 4.51. The van der Waals surface area contributed by atoms with Crippen molar-refractivity contribution < 1.29 is 28.5 Å². The van der Waals surface area contributed by atoms with E-state index in [1.165, 1.54) is 21.3 Å². The summed E-state index contributed by atoms with van der Waals surface area (Å²) in [4.78, 5) is 24.4. The van der Waals surface area contributed by atoms with Crippen molar-refractivity contribution in [3.05, 3.63) is 29.0 Å². The van der Waals surface area contributed by atoms with Crippen LogP contribution in [0.1, 0.15) is 25.5 Å². The highest BCUT2D eigenvalue weighted by Gasteiger charge is 2.34. The van der Waals surface area contributed by atoms with Crippen LogP contribution >= 0.6 is 0 Å². The Balaban J connectivity index is 2.62. The highest BCUT2D eigenvalue weighted by atomic mass is 16.5. The molecule has 0 bridgehead atoms. The van der Waals surface area contributed by atoms with E-state index in [0.717, 1.165) is 0 Å². The van der Waals surface area contributed by atoms with Gasteiger partial charge in [-0.3, -0.25) is 0 Å². The van der Waals surface area contributed by atoms with Crippen LogP contribution < -0.4 is 24.8 Å². The quantitative estimate of drug-likeness (QED) is 0.761. The van der Waals surface area contributed by atoms with Crippen molar-refractivity contribution in [3.8, 4) is 17.2 Å². The van der Waals surface area contributed by atoms with E-state index < -0.39 is 18.0 Å². The summed E-state index contributed by atoms with van der Waals surface area (Å²) >= 11 is 0. The van der Waals surface area contributed by atoms with Gasteiger partial charge in [0, 0.05) is 17.3 Å². The lowest BCUT2D eigenvalue weighted by Gasteiger charge is -2.29. The predicted molar refractivity (Wildman–Crippen MR) is 89.8 cm³/mol. The predicted octanol–water partition coefficient (Wildman–Crippen LogP) is 1.90. The normalized spacial score (nSPS) is 16.7. The first kappa shape index (κ1) is 18.4. The van der Waals surface area contributed by atoms with Gasteiger partial charge >= 0.3 is 12.0 Å². The molecule has 1 atom stereocenters. The van der Waals surface area contributed by atoms with E-state index in [2.05, 4.69) is 10.6 Å². The Kier molecular flexibility index (Phi) is 5.74. The SMILES string of the molecule is CCOC(=O)C1=C(C)NC(=O)N[C@H]1c1cc(OC)c(OC)cc1OC. The largest absolute Gasteiger partial charge is 0.496 e. The van der Waals surface area contributed by atoms with Gasteiger partial charge in [0.1, 0.15) is 5.75 Å². The number of amides is 2. The molecular formula is C17H22N2O6. The zero-order valence-corrected chi connectivity index (χ0v) is 14.9. The van der Waals surface area contributed by atoms with Crippen LogP contribution in [0.25, 0.3) is 0 Å². The molecule has 2 N–H and O–H groups in total. The van der Waals surface area contributed by atoms with Gasteiger partial charge in [-0.25, -0.2) is 9.59 Å². The fourth-order valence-electron chi connectivity index (χ4n) is 2.68. The number of esters is 1.